The van der Waals surface area contributed by atoms with Gasteiger partial charge in [-0.3, -0.25) is 0 Å². The molecule has 0 amide bonds. The van der Waals surface area contributed by atoms with Gasteiger partial charge < -0.3 is 9.47 Å². The Balaban J connectivity index is 2.54. The first-order valence-electron chi connectivity index (χ1n) is 4.93. The first kappa shape index (κ1) is 12.9. The molecule has 0 spiro atoms. The summed E-state index contributed by atoms with van der Waals surface area (Å²) in [6.45, 7) is 5.55. The molecule has 1 fully saturated rings. The fourth-order valence-electron chi connectivity index (χ4n) is 1.55. The van der Waals surface area contributed by atoms with Crippen LogP contribution < -0.4 is 0 Å². The summed E-state index contributed by atoms with van der Waals surface area (Å²) in [6, 6.07) is 0. The Morgan fingerprint density at radius 1 is 1.00 bits per heavy atom. The van der Waals surface area contributed by atoms with Gasteiger partial charge in [0, 0.05) is 16.1 Å². The van der Waals surface area contributed by atoms with E-state index in [1.807, 2.05) is 13.8 Å². The molecule has 0 atom stereocenters. The van der Waals surface area contributed by atoms with E-state index < -0.39 is 5.79 Å². The second-order valence-electron chi connectivity index (χ2n) is 4.36. The number of alkyl halides is 2. The highest BCUT2D eigenvalue weighted by molar-refractivity contribution is 9.09. The smallest absolute Gasteiger partial charge is 0.162 e. The van der Waals surface area contributed by atoms with Crippen LogP contribution in [0.3, 0.4) is 0 Å². The zero-order valence-electron chi connectivity index (χ0n) is 8.82. The third-order valence-electron chi connectivity index (χ3n) is 2.70. The first-order chi connectivity index (χ1) is 6.54. The van der Waals surface area contributed by atoms with Crippen LogP contribution in [0.4, 0.5) is 0 Å². The van der Waals surface area contributed by atoms with Gasteiger partial charge in [0.1, 0.15) is 0 Å². The Morgan fingerprint density at radius 2 is 1.43 bits per heavy atom. The van der Waals surface area contributed by atoms with E-state index in [1.54, 1.807) is 0 Å². The van der Waals surface area contributed by atoms with E-state index in [1.165, 1.54) is 0 Å². The minimum Gasteiger partial charge on any atom is -0.350 e. The summed E-state index contributed by atoms with van der Waals surface area (Å²) in [7, 11) is 0. The summed E-state index contributed by atoms with van der Waals surface area (Å²) in [5, 5.41) is 2.01. The van der Waals surface area contributed by atoms with E-state index in [9.17, 15) is 0 Å². The maximum Gasteiger partial charge on any atom is 0.162 e. The van der Waals surface area contributed by atoms with Gasteiger partial charge in [0.2, 0.25) is 0 Å². The van der Waals surface area contributed by atoms with Crippen LogP contribution in [0.2, 0.25) is 0 Å². The summed E-state index contributed by atoms with van der Waals surface area (Å²) in [5.74, 6) is -0.401. The molecule has 1 rings (SSSR count). The topological polar surface area (TPSA) is 18.5 Å². The predicted molar refractivity (Wildman–Crippen MR) is 65.2 cm³/mol. The normalized spacial score (nSPS) is 24.9. The number of rotatable bonds is 4. The van der Waals surface area contributed by atoms with Crippen molar-refractivity contribution in [1.29, 1.82) is 0 Å². The summed E-state index contributed by atoms with van der Waals surface area (Å²) in [6.07, 6.45) is 2.21. The molecule has 0 radical (unpaired) electrons. The zero-order chi connectivity index (χ0) is 10.7. The lowest BCUT2D eigenvalue weighted by Crippen LogP contribution is -2.47. The molecule has 84 valence electrons. The quantitative estimate of drug-likeness (QED) is 0.736. The molecular weight excluding hydrogens is 312 g/mol. The maximum absolute atomic E-state index is 5.72. The fraction of sp³-hybridized carbons (Fsp3) is 1.00. The molecule has 0 unspecified atom stereocenters. The van der Waals surface area contributed by atoms with Gasteiger partial charge in [-0.15, -0.1) is 0 Å². The fourth-order valence-corrected chi connectivity index (χ4v) is 3.23. The van der Waals surface area contributed by atoms with Gasteiger partial charge in [0.05, 0.1) is 13.2 Å². The maximum atomic E-state index is 5.72. The number of hydrogen-bond donors (Lipinski definition) is 0. The van der Waals surface area contributed by atoms with Crippen LogP contribution in [0.5, 0.6) is 0 Å². The SMILES string of the molecule is CC1(C)OCC(CCBr)(CCBr)CO1. The van der Waals surface area contributed by atoms with E-state index in [-0.39, 0.29) is 5.41 Å². The molecule has 1 aliphatic heterocycles. The Morgan fingerprint density at radius 3 is 1.79 bits per heavy atom. The lowest BCUT2D eigenvalue weighted by molar-refractivity contribution is -0.286. The van der Waals surface area contributed by atoms with E-state index in [0.717, 1.165) is 36.7 Å². The van der Waals surface area contributed by atoms with Crippen molar-refractivity contribution in [2.75, 3.05) is 23.9 Å². The molecule has 0 aromatic rings. The van der Waals surface area contributed by atoms with Crippen molar-refractivity contribution in [3.05, 3.63) is 0 Å². The van der Waals surface area contributed by atoms with Crippen molar-refractivity contribution in [1.82, 2.24) is 0 Å². The minimum absolute atomic E-state index is 0.197. The molecule has 0 N–H and O–H groups in total. The Hall–Kier alpha value is 0.880. The highest BCUT2D eigenvalue weighted by atomic mass is 79.9. The van der Waals surface area contributed by atoms with Crippen molar-refractivity contribution in [3.63, 3.8) is 0 Å². The molecule has 0 aromatic carbocycles. The van der Waals surface area contributed by atoms with Gasteiger partial charge in [-0.05, 0) is 26.7 Å². The third kappa shape index (κ3) is 3.47. The van der Waals surface area contributed by atoms with Crippen molar-refractivity contribution < 1.29 is 9.47 Å². The monoisotopic (exact) mass is 328 g/mol. The van der Waals surface area contributed by atoms with Gasteiger partial charge >= 0.3 is 0 Å². The average molecular weight is 330 g/mol. The second kappa shape index (κ2) is 5.28. The highest BCUT2D eigenvalue weighted by Gasteiger charge is 2.38. The van der Waals surface area contributed by atoms with Crippen LogP contribution in [0.25, 0.3) is 0 Å². The number of hydrogen-bond acceptors (Lipinski definition) is 2. The zero-order valence-corrected chi connectivity index (χ0v) is 12.0. The highest BCUT2D eigenvalue weighted by Crippen LogP contribution is 2.36. The molecule has 0 aliphatic carbocycles. The van der Waals surface area contributed by atoms with Crippen LogP contribution in [-0.2, 0) is 9.47 Å². The van der Waals surface area contributed by atoms with E-state index in [2.05, 4.69) is 31.9 Å². The molecule has 4 heteroatoms. The van der Waals surface area contributed by atoms with Gasteiger partial charge in [-0.2, -0.15) is 0 Å². The summed E-state index contributed by atoms with van der Waals surface area (Å²) >= 11 is 6.98. The van der Waals surface area contributed by atoms with Crippen molar-refractivity contribution in [2.24, 2.45) is 5.41 Å². The molecule has 2 nitrogen and oxygen atoms in total. The Kier molecular flexibility index (Phi) is 4.88. The van der Waals surface area contributed by atoms with E-state index >= 15 is 0 Å². The largest absolute Gasteiger partial charge is 0.350 e. The van der Waals surface area contributed by atoms with Crippen molar-refractivity contribution in [3.8, 4) is 0 Å². The van der Waals surface area contributed by atoms with Crippen LogP contribution >= 0.6 is 31.9 Å². The number of halogens is 2. The Bertz CT molecular complexity index is 165. The molecule has 1 aliphatic rings. The van der Waals surface area contributed by atoms with Crippen LogP contribution in [-0.4, -0.2) is 29.7 Å². The third-order valence-corrected chi connectivity index (χ3v) is 3.49. The van der Waals surface area contributed by atoms with Crippen LogP contribution in [0, 0.1) is 5.41 Å². The lowest BCUT2D eigenvalue weighted by Gasteiger charge is -2.43. The first-order valence-corrected chi connectivity index (χ1v) is 7.18. The Labute approximate surface area is 103 Å². The molecule has 1 heterocycles. The van der Waals surface area contributed by atoms with Gasteiger partial charge in [-0.25, -0.2) is 0 Å². The van der Waals surface area contributed by atoms with Gasteiger partial charge in [-0.1, -0.05) is 31.9 Å². The lowest BCUT2D eigenvalue weighted by atomic mass is 9.83. The molecule has 0 bridgehead atoms. The van der Waals surface area contributed by atoms with Gasteiger partial charge in [0.15, 0.2) is 5.79 Å². The molecule has 0 aromatic heterocycles. The second-order valence-corrected chi connectivity index (χ2v) is 5.94. The summed E-state index contributed by atoms with van der Waals surface area (Å²) in [5.41, 5.74) is 0.197. The van der Waals surface area contributed by atoms with E-state index in [4.69, 9.17) is 9.47 Å². The molecule has 1 saturated heterocycles. The van der Waals surface area contributed by atoms with Crippen LogP contribution in [0.15, 0.2) is 0 Å². The standard InChI is InChI=1S/C10H18Br2O2/c1-9(2)13-7-10(3-5-11,4-6-12)8-14-9/h3-8H2,1-2H3. The van der Waals surface area contributed by atoms with E-state index in [0.29, 0.717) is 0 Å². The number of ether oxygens (including phenoxy) is 2. The van der Waals surface area contributed by atoms with Crippen molar-refractivity contribution in [2.45, 2.75) is 32.5 Å². The van der Waals surface area contributed by atoms with Gasteiger partial charge in [0.25, 0.3) is 0 Å². The molecule has 14 heavy (non-hydrogen) atoms. The molecular formula is C10H18Br2O2. The average Bonchev–Trinajstić information content (AvgIpc) is 2.12. The van der Waals surface area contributed by atoms with Crippen LogP contribution in [0.1, 0.15) is 26.7 Å². The molecule has 0 saturated carbocycles. The predicted octanol–water partition coefficient (Wildman–Crippen LogP) is 3.33. The minimum atomic E-state index is -0.401. The summed E-state index contributed by atoms with van der Waals surface area (Å²) < 4.78 is 11.4. The van der Waals surface area contributed by atoms with Crippen molar-refractivity contribution >= 4 is 31.9 Å². The summed E-state index contributed by atoms with van der Waals surface area (Å²) in [4.78, 5) is 0.